The van der Waals surface area contributed by atoms with Gasteiger partial charge in [-0.15, -0.1) is 0 Å². The predicted octanol–water partition coefficient (Wildman–Crippen LogP) is 0.708. The number of rotatable bonds is 6. The molecule has 1 aromatic heterocycles. The molecule has 0 spiro atoms. The Morgan fingerprint density at radius 3 is 2.77 bits per heavy atom. The Kier molecular flexibility index (Phi) is 4.85. The lowest BCUT2D eigenvalue weighted by molar-refractivity contribution is -0.121. The Morgan fingerprint density at radius 2 is 2.23 bits per heavy atom. The Balaban J connectivity index is 2.33. The zero-order valence-electron chi connectivity index (χ0n) is 13.5. The Morgan fingerprint density at radius 1 is 1.50 bits per heavy atom. The van der Waals surface area contributed by atoms with Crippen LogP contribution in [0.5, 0.6) is 0 Å². The van der Waals surface area contributed by atoms with Gasteiger partial charge in [0, 0.05) is 26.4 Å². The van der Waals surface area contributed by atoms with E-state index < -0.39 is 11.4 Å². The van der Waals surface area contributed by atoms with Crippen molar-refractivity contribution in [2.45, 2.75) is 45.2 Å². The van der Waals surface area contributed by atoms with Crippen molar-refractivity contribution in [2.75, 3.05) is 20.3 Å². The fourth-order valence-corrected chi connectivity index (χ4v) is 3.27. The standard InChI is InChI=1S/C15H24N4O3/c1-4-18-9-12(11(2)17-18)14(21)19-7-5-6-15(19,10-22-3)8-13(16)20/h9H,4-8,10H2,1-3H3,(H2,16,20)/t15-/m1/s1. The molecule has 7 heteroatoms. The minimum atomic E-state index is -0.640. The van der Waals surface area contributed by atoms with E-state index in [1.54, 1.807) is 22.9 Å². The first-order valence-electron chi connectivity index (χ1n) is 7.57. The van der Waals surface area contributed by atoms with Crippen molar-refractivity contribution >= 4 is 11.8 Å². The van der Waals surface area contributed by atoms with E-state index in [1.165, 1.54) is 0 Å². The van der Waals surface area contributed by atoms with E-state index in [-0.39, 0.29) is 12.3 Å². The fraction of sp³-hybridized carbons (Fsp3) is 0.667. The van der Waals surface area contributed by atoms with Crippen molar-refractivity contribution in [3.8, 4) is 0 Å². The Labute approximate surface area is 130 Å². The number of methoxy groups -OCH3 is 1. The van der Waals surface area contributed by atoms with Crippen LogP contribution in [0.2, 0.25) is 0 Å². The molecule has 0 saturated carbocycles. The largest absolute Gasteiger partial charge is 0.382 e. The van der Waals surface area contributed by atoms with Crippen molar-refractivity contribution in [3.63, 3.8) is 0 Å². The molecule has 0 aromatic carbocycles. The number of nitrogens with zero attached hydrogens (tertiary/aromatic N) is 3. The Hall–Kier alpha value is -1.89. The van der Waals surface area contributed by atoms with Gasteiger partial charge in [0.1, 0.15) is 0 Å². The zero-order chi connectivity index (χ0) is 16.3. The highest BCUT2D eigenvalue weighted by Gasteiger charge is 2.45. The number of hydrogen-bond donors (Lipinski definition) is 1. The van der Waals surface area contributed by atoms with Crippen LogP contribution in [-0.4, -0.2) is 52.3 Å². The van der Waals surface area contributed by atoms with E-state index >= 15 is 0 Å². The Bertz CT molecular complexity index is 569. The van der Waals surface area contributed by atoms with Crippen LogP contribution in [-0.2, 0) is 16.1 Å². The third kappa shape index (κ3) is 2.99. The number of ether oxygens (including phenoxy) is 1. The molecule has 0 aliphatic carbocycles. The molecule has 1 saturated heterocycles. The number of primary amides is 1. The van der Waals surface area contributed by atoms with E-state index in [4.69, 9.17) is 10.5 Å². The number of aryl methyl sites for hydroxylation is 2. The van der Waals surface area contributed by atoms with Crippen LogP contribution in [0.15, 0.2) is 6.20 Å². The van der Waals surface area contributed by atoms with Crippen molar-refractivity contribution in [3.05, 3.63) is 17.5 Å². The molecular weight excluding hydrogens is 284 g/mol. The predicted molar refractivity (Wildman–Crippen MR) is 81.3 cm³/mol. The van der Waals surface area contributed by atoms with Gasteiger partial charge in [0.15, 0.2) is 0 Å². The highest BCUT2D eigenvalue weighted by atomic mass is 16.5. The fourth-order valence-electron chi connectivity index (χ4n) is 3.27. The van der Waals surface area contributed by atoms with Crippen molar-refractivity contribution in [2.24, 2.45) is 5.73 Å². The summed E-state index contributed by atoms with van der Waals surface area (Å²) in [7, 11) is 1.57. The number of nitrogens with two attached hydrogens (primary N) is 1. The van der Waals surface area contributed by atoms with Crippen molar-refractivity contribution < 1.29 is 14.3 Å². The average Bonchev–Trinajstić information content (AvgIpc) is 3.02. The van der Waals surface area contributed by atoms with E-state index in [0.29, 0.717) is 31.0 Å². The molecule has 1 fully saturated rings. The minimum Gasteiger partial charge on any atom is -0.382 e. The molecule has 0 bridgehead atoms. The van der Waals surface area contributed by atoms with Crippen LogP contribution in [0.4, 0.5) is 0 Å². The molecule has 1 aliphatic rings. The van der Waals surface area contributed by atoms with Crippen LogP contribution in [0.1, 0.15) is 42.2 Å². The van der Waals surface area contributed by atoms with Gasteiger partial charge < -0.3 is 15.4 Å². The quantitative estimate of drug-likeness (QED) is 0.838. The molecule has 0 unspecified atom stereocenters. The lowest BCUT2D eigenvalue weighted by Gasteiger charge is -2.37. The van der Waals surface area contributed by atoms with Crippen LogP contribution >= 0.6 is 0 Å². The number of amides is 2. The number of carbonyl (C=O) groups is 2. The number of carbonyl (C=O) groups excluding carboxylic acids is 2. The molecular formula is C15H24N4O3. The van der Waals surface area contributed by atoms with Gasteiger partial charge in [0.25, 0.3) is 5.91 Å². The van der Waals surface area contributed by atoms with Crippen LogP contribution in [0.3, 0.4) is 0 Å². The minimum absolute atomic E-state index is 0.104. The summed E-state index contributed by atoms with van der Waals surface area (Å²) in [5.41, 5.74) is 6.03. The maximum Gasteiger partial charge on any atom is 0.257 e. The summed E-state index contributed by atoms with van der Waals surface area (Å²) >= 11 is 0. The average molecular weight is 308 g/mol. The summed E-state index contributed by atoms with van der Waals surface area (Å²) in [4.78, 5) is 26.1. The number of hydrogen-bond acceptors (Lipinski definition) is 4. The van der Waals surface area contributed by atoms with E-state index in [2.05, 4.69) is 5.10 Å². The van der Waals surface area contributed by atoms with E-state index in [9.17, 15) is 9.59 Å². The van der Waals surface area contributed by atoms with Gasteiger partial charge in [-0.25, -0.2) is 0 Å². The molecule has 2 heterocycles. The lowest BCUT2D eigenvalue weighted by Crippen LogP contribution is -2.52. The van der Waals surface area contributed by atoms with Gasteiger partial charge in [-0.2, -0.15) is 5.10 Å². The zero-order valence-corrected chi connectivity index (χ0v) is 13.5. The van der Waals surface area contributed by atoms with Crippen LogP contribution in [0.25, 0.3) is 0 Å². The molecule has 1 aromatic rings. The smallest absolute Gasteiger partial charge is 0.257 e. The molecule has 1 atom stereocenters. The molecule has 122 valence electrons. The third-order valence-electron chi connectivity index (χ3n) is 4.26. The molecule has 2 amide bonds. The molecule has 22 heavy (non-hydrogen) atoms. The van der Waals surface area contributed by atoms with Gasteiger partial charge in [0.05, 0.1) is 29.8 Å². The topological polar surface area (TPSA) is 90.5 Å². The molecule has 7 nitrogen and oxygen atoms in total. The second kappa shape index (κ2) is 6.48. The van der Waals surface area contributed by atoms with Gasteiger partial charge in [-0.05, 0) is 26.7 Å². The first-order chi connectivity index (χ1) is 10.4. The van der Waals surface area contributed by atoms with Crippen molar-refractivity contribution in [1.29, 1.82) is 0 Å². The summed E-state index contributed by atoms with van der Waals surface area (Å²) in [6.07, 6.45) is 3.44. The number of aromatic nitrogens is 2. The second-order valence-electron chi connectivity index (χ2n) is 5.84. The van der Waals surface area contributed by atoms with Crippen LogP contribution < -0.4 is 5.73 Å². The third-order valence-corrected chi connectivity index (χ3v) is 4.26. The summed E-state index contributed by atoms with van der Waals surface area (Å²) in [5.74, 6) is -0.522. The molecule has 1 aliphatic heterocycles. The summed E-state index contributed by atoms with van der Waals surface area (Å²) < 4.78 is 7.02. The van der Waals surface area contributed by atoms with Gasteiger partial charge in [-0.3, -0.25) is 14.3 Å². The van der Waals surface area contributed by atoms with E-state index in [0.717, 1.165) is 12.8 Å². The van der Waals surface area contributed by atoms with Gasteiger partial charge in [0.2, 0.25) is 5.91 Å². The number of likely N-dealkylation sites (tertiary alicyclic amines) is 1. The molecule has 2 rings (SSSR count). The monoisotopic (exact) mass is 308 g/mol. The maximum atomic E-state index is 12.9. The van der Waals surface area contributed by atoms with Gasteiger partial charge >= 0.3 is 0 Å². The normalized spacial score (nSPS) is 21.3. The highest BCUT2D eigenvalue weighted by Crippen LogP contribution is 2.34. The maximum absolute atomic E-state index is 12.9. The first-order valence-corrected chi connectivity index (χ1v) is 7.57. The van der Waals surface area contributed by atoms with Gasteiger partial charge in [-0.1, -0.05) is 0 Å². The summed E-state index contributed by atoms with van der Waals surface area (Å²) in [6.45, 7) is 5.41. The molecule has 0 radical (unpaired) electrons. The summed E-state index contributed by atoms with van der Waals surface area (Å²) in [5, 5.41) is 4.32. The van der Waals surface area contributed by atoms with Crippen LogP contribution in [0, 0.1) is 6.92 Å². The molecule has 2 N–H and O–H groups in total. The lowest BCUT2D eigenvalue weighted by atomic mass is 9.92. The first kappa shape index (κ1) is 16.5. The van der Waals surface area contributed by atoms with Crippen molar-refractivity contribution in [1.82, 2.24) is 14.7 Å². The SMILES string of the molecule is CCn1cc(C(=O)N2CCC[C@]2(COC)CC(N)=O)c(C)n1. The highest BCUT2D eigenvalue weighted by molar-refractivity contribution is 5.96. The summed E-state index contributed by atoms with van der Waals surface area (Å²) in [6, 6.07) is 0. The second-order valence-corrected chi connectivity index (χ2v) is 5.84. The van der Waals surface area contributed by atoms with E-state index in [1.807, 2.05) is 13.8 Å².